The molecule has 4 aromatic carbocycles. The highest BCUT2D eigenvalue weighted by Crippen LogP contribution is 2.38. The third-order valence-electron chi connectivity index (χ3n) is 6.41. The van der Waals surface area contributed by atoms with Crippen LogP contribution in [0.2, 0.25) is 0 Å². The summed E-state index contributed by atoms with van der Waals surface area (Å²) in [7, 11) is 3.94. The molecule has 0 unspecified atom stereocenters. The van der Waals surface area contributed by atoms with Crippen molar-refractivity contribution >= 4 is 55.4 Å². The van der Waals surface area contributed by atoms with Gasteiger partial charge in [-0.25, -0.2) is 0 Å². The van der Waals surface area contributed by atoms with E-state index in [1.807, 2.05) is 54.1 Å². The number of hydrogen-bond acceptors (Lipinski definition) is 1. The number of amidine groups is 1. The van der Waals surface area contributed by atoms with E-state index >= 15 is 0 Å². The van der Waals surface area contributed by atoms with Crippen LogP contribution in [0, 0.1) is 5.41 Å². The molecular formula is C28H23N5. The molecule has 0 fully saturated rings. The van der Waals surface area contributed by atoms with Gasteiger partial charge in [0.25, 0.3) is 0 Å². The summed E-state index contributed by atoms with van der Waals surface area (Å²) in [5, 5.41) is 16.9. The first-order valence-electron chi connectivity index (χ1n) is 11.0. The summed E-state index contributed by atoms with van der Waals surface area (Å²) in [4.78, 5) is 4.74. The van der Waals surface area contributed by atoms with E-state index in [-0.39, 0.29) is 5.96 Å². The minimum absolute atomic E-state index is 0.173. The lowest BCUT2D eigenvalue weighted by Gasteiger charge is -2.10. The fourth-order valence-electron chi connectivity index (χ4n) is 4.95. The van der Waals surface area contributed by atoms with Gasteiger partial charge in [-0.3, -0.25) is 9.98 Å². The number of benzene rings is 4. The molecule has 33 heavy (non-hydrogen) atoms. The summed E-state index contributed by atoms with van der Waals surface area (Å²) >= 11 is 0. The molecule has 160 valence electrons. The van der Waals surface area contributed by atoms with E-state index < -0.39 is 0 Å². The van der Waals surface area contributed by atoms with Crippen LogP contribution in [0.5, 0.6) is 0 Å². The fraction of sp³-hybridized carbons (Fsp3) is 0.0714. The van der Waals surface area contributed by atoms with Crippen molar-refractivity contribution in [2.75, 3.05) is 7.05 Å². The molecule has 0 saturated heterocycles. The van der Waals surface area contributed by atoms with Gasteiger partial charge in [0.1, 0.15) is 5.84 Å². The smallest absolute Gasteiger partial charge is 0.229 e. The Morgan fingerprint density at radius 1 is 0.697 bits per heavy atom. The Morgan fingerprint density at radius 3 is 1.97 bits per heavy atom. The van der Waals surface area contributed by atoms with Gasteiger partial charge < -0.3 is 9.88 Å². The van der Waals surface area contributed by atoms with Gasteiger partial charge in [0.05, 0.1) is 16.6 Å². The number of aromatic nitrogens is 2. The van der Waals surface area contributed by atoms with E-state index in [0.717, 1.165) is 32.9 Å². The Balaban J connectivity index is 1.72. The molecule has 6 aromatic rings. The van der Waals surface area contributed by atoms with Gasteiger partial charge in [0, 0.05) is 46.7 Å². The Morgan fingerprint density at radius 2 is 1.27 bits per heavy atom. The van der Waals surface area contributed by atoms with Crippen molar-refractivity contribution in [3.8, 4) is 0 Å². The Bertz CT molecular complexity index is 1720. The number of aliphatic imine (C=N–C) groups is 1. The molecule has 0 amide bonds. The molecule has 0 aliphatic carbocycles. The lowest BCUT2D eigenvalue weighted by Crippen LogP contribution is -2.23. The number of fused-ring (bicyclic) bond motifs is 7. The van der Waals surface area contributed by atoms with Gasteiger partial charge in [-0.1, -0.05) is 78.9 Å². The first-order chi connectivity index (χ1) is 16.2. The summed E-state index contributed by atoms with van der Waals surface area (Å²) in [5.74, 6) is 0.836. The van der Waals surface area contributed by atoms with E-state index in [1.54, 1.807) is 0 Å². The maximum absolute atomic E-state index is 9.10. The highest BCUT2D eigenvalue weighted by molar-refractivity contribution is 6.25. The summed E-state index contributed by atoms with van der Waals surface area (Å²) in [5.41, 5.74) is 5.20. The summed E-state index contributed by atoms with van der Waals surface area (Å²) in [6, 6.07) is 31.0. The summed E-state index contributed by atoms with van der Waals surface area (Å²) in [6.45, 7) is 0. The minimum Gasteiger partial charge on any atom is -0.373 e. The Kier molecular flexibility index (Phi) is 4.30. The number of rotatable bonds is 1. The predicted octanol–water partition coefficient (Wildman–Crippen LogP) is 5.89. The van der Waals surface area contributed by atoms with Gasteiger partial charge in [-0.2, -0.15) is 4.99 Å². The lowest BCUT2D eigenvalue weighted by molar-refractivity contribution is 1.01. The van der Waals surface area contributed by atoms with Crippen LogP contribution in [0.4, 0.5) is 0 Å². The normalized spacial score (nSPS) is 12.2. The van der Waals surface area contributed by atoms with E-state index in [1.165, 1.54) is 16.3 Å². The second-order valence-corrected chi connectivity index (χ2v) is 8.19. The van der Waals surface area contributed by atoms with Gasteiger partial charge >= 0.3 is 0 Å². The van der Waals surface area contributed by atoms with Crippen LogP contribution < -0.4 is 5.32 Å². The van der Waals surface area contributed by atoms with Crippen LogP contribution in [-0.2, 0) is 7.05 Å². The zero-order valence-corrected chi connectivity index (χ0v) is 18.5. The number of hydrogen-bond donors (Lipinski definition) is 2. The molecule has 2 heterocycles. The van der Waals surface area contributed by atoms with Crippen molar-refractivity contribution in [2.45, 2.75) is 0 Å². The van der Waals surface area contributed by atoms with Gasteiger partial charge in [-0.15, -0.1) is 0 Å². The molecule has 5 nitrogen and oxygen atoms in total. The molecule has 0 bridgehead atoms. The van der Waals surface area contributed by atoms with Crippen LogP contribution in [-0.4, -0.2) is 28.0 Å². The second kappa shape index (κ2) is 7.35. The molecule has 0 aliphatic rings. The maximum atomic E-state index is 9.10. The van der Waals surface area contributed by atoms with Crippen LogP contribution in [0.1, 0.15) is 5.56 Å². The SMILES string of the molecule is CN/C(=N\C(=N)n1c2ccccc2c2ccc3c4ccccc4n(C)c3c21)c1ccccc1. The van der Waals surface area contributed by atoms with Gasteiger partial charge in [0.15, 0.2) is 0 Å². The molecule has 0 saturated carbocycles. The highest BCUT2D eigenvalue weighted by Gasteiger charge is 2.20. The molecule has 0 radical (unpaired) electrons. The second-order valence-electron chi connectivity index (χ2n) is 8.19. The average Bonchev–Trinajstić information content (AvgIpc) is 3.35. The molecule has 2 aromatic heterocycles. The maximum Gasteiger partial charge on any atom is 0.229 e. The summed E-state index contributed by atoms with van der Waals surface area (Å²) < 4.78 is 4.21. The minimum atomic E-state index is 0.173. The van der Waals surface area contributed by atoms with E-state index in [2.05, 4.69) is 65.5 Å². The van der Waals surface area contributed by atoms with Crippen molar-refractivity contribution in [2.24, 2.45) is 12.0 Å². The molecule has 0 spiro atoms. The number of nitrogens with zero attached hydrogens (tertiary/aromatic N) is 3. The van der Waals surface area contributed by atoms with Crippen LogP contribution in [0.25, 0.3) is 43.6 Å². The molecular weight excluding hydrogens is 406 g/mol. The van der Waals surface area contributed by atoms with E-state index in [0.29, 0.717) is 5.84 Å². The zero-order chi connectivity index (χ0) is 22.5. The Labute approximate surface area is 191 Å². The molecule has 5 heteroatoms. The monoisotopic (exact) mass is 429 g/mol. The van der Waals surface area contributed by atoms with Crippen LogP contribution in [0.3, 0.4) is 0 Å². The third-order valence-corrected chi connectivity index (χ3v) is 6.41. The molecule has 0 aliphatic heterocycles. The van der Waals surface area contributed by atoms with Crippen molar-refractivity contribution in [3.05, 3.63) is 96.6 Å². The van der Waals surface area contributed by atoms with E-state index in [4.69, 9.17) is 10.4 Å². The predicted molar refractivity (Wildman–Crippen MR) is 139 cm³/mol. The largest absolute Gasteiger partial charge is 0.373 e. The first-order valence-corrected chi connectivity index (χ1v) is 11.0. The van der Waals surface area contributed by atoms with Crippen molar-refractivity contribution < 1.29 is 0 Å². The standard InChI is InChI=1S/C28H23N5/c1-30-27(18-10-4-3-5-11-18)31-28(29)33-24-15-9-7-13-20(24)22-17-16-21-19-12-6-8-14-23(19)32(2)25(21)26(22)33/h3-17H,1-2H3,(H2,29,30,31). The van der Waals surface area contributed by atoms with Crippen molar-refractivity contribution in [1.29, 1.82) is 5.41 Å². The van der Waals surface area contributed by atoms with Crippen LogP contribution >= 0.6 is 0 Å². The zero-order valence-electron chi connectivity index (χ0n) is 18.5. The summed E-state index contributed by atoms with van der Waals surface area (Å²) in [6.07, 6.45) is 0. The highest BCUT2D eigenvalue weighted by atomic mass is 15.2. The molecule has 2 N–H and O–H groups in total. The molecule has 0 atom stereocenters. The molecule has 6 rings (SSSR count). The quantitative estimate of drug-likeness (QED) is 0.249. The van der Waals surface area contributed by atoms with Crippen molar-refractivity contribution in [1.82, 2.24) is 14.5 Å². The van der Waals surface area contributed by atoms with Gasteiger partial charge in [0.2, 0.25) is 5.96 Å². The number of aryl methyl sites for hydroxylation is 1. The Hall–Kier alpha value is -4.38. The topological polar surface area (TPSA) is 58.1 Å². The first kappa shape index (κ1) is 19.3. The van der Waals surface area contributed by atoms with E-state index in [9.17, 15) is 0 Å². The van der Waals surface area contributed by atoms with Crippen LogP contribution in [0.15, 0.2) is 96.0 Å². The fourth-order valence-corrected chi connectivity index (χ4v) is 4.95. The third kappa shape index (κ3) is 2.79. The number of para-hydroxylation sites is 2. The number of nitrogens with one attached hydrogen (secondary N) is 2. The van der Waals surface area contributed by atoms with Gasteiger partial charge in [-0.05, 0) is 12.1 Å². The lowest BCUT2D eigenvalue weighted by atomic mass is 10.1. The average molecular weight is 430 g/mol. The van der Waals surface area contributed by atoms with Crippen molar-refractivity contribution in [3.63, 3.8) is 0 Å².